The van der Waals surface area contributed by atoms with Crippen molar-refractivity contribution >= 4 is 62.5 Å². The van der Waals surface area contributed by atoms with Gasteiger partial charge >= 0.3 is 0 Å². The highest BCUT2D eigenvalue weighted by Gasteiger charge is 2.14. The molecule has 26 heavy (non-hydrogen) atoms. The lowest BCUT2D eigenvalue weighted by molar-refractivity contribution is 0.0992. The Labute approximate surface area is 172 Å². The predicted octanol–water partition coefficient (Wildman–Crippen LogP) is 6.23. The number of hydrogen-bond donors (Lipinski definition) is 1. The number of carbonyl (C=O) groups excluding carboxylic acids is 1. The van der Waals surface area contributed by atoms with E-state index < -0.39 is 5.91 Å². The van der Waals surface area contributed by atoms with E-state index in [9.17, 15) is 4.79 Å². The van der Waals surface area contributed by atoms with Gasteiger partial charge in [-0.15, -0.1) is 0 Å². The van der Waals surface area contributed by atoms with Gasteiger partial charge in [0.1, 0.15) is 18.2 Å². The zero-order valence-corrected chi connectivity index (χ0v) is 16.8. The summed E-state index contributed by atoms with van der Waals surface area (Å²) in [5.74, 6) is 0.836. The number of halogens is 4. The van der Waals surface area contributed by atoms with Gasteiger partial charge in [-0.2, -0.15) is 0 Å². The van der Waals surface area contributed by atoms with Crippen molar-refractivity contribution in [3.63, 3.8) is 0 Å². The monoisotopic (exact) mass is 474 g/mol. The first-order chi connectivity index (χ1) is 12.4. The number of amides is 1. The lowest BCUT2D eigenvalue weighted by Crippen LogP contribution is -2.11. The molecule has 1 aromatic carbocycles. The number of carbonyl (C=O) groups is 1. The molecule has 9 heteroatoms. The number of hydrogen-bond acceptors (Lipinski definition) is 4. The summed E-state index contributed by atoms with van der Waals surface area (Å²) < 4.78 is 11.9. The summed E-state index contributed by atoms with van der Waals surface area (Å²) in [5.41, 5.74) is 0. The average molecular weight is 477 g/mol. The van der Waals surface area contributed by atoms with E-state index in [0.717, 1.165) is 4.47 Å². The number of rotatable bonds is 5. The molecule has 0 aliphatic carbocycles. The highest BCUT2D eigenvalue weighted by molar-refractivity contribution is 9.10. The van der Waals surface area contributed by atoms with E-state index in [2.05, 4.69) is 26.2 Å². The Morgan fingerprint density at radius 2 is 1.88 bits per heavy atom. The van der Waals surface area contributed by atoms with Gasteiger partial charge in [0.05, 0.1) is 10.0 Å². The molecule has 3 rings (SSSR count). The maximum Gasteiger partial charge on any atom is 0.292 e. The van der Waals surface area contributed by atoms with Gasteiger partial charge in [0.2, 0.25) is 0 Å². The minimum absolute atomic E-state index is 0.0465. The summed E-state index contributed by atoms with van der Waals surface area (Å²) in [6.45, 7) is 0.0465. The molecule has 0 bridgehead atoms. The van der Waals surface area contributed by atoms with Gasteiger partial charge in [-0.3, -0.25) is 4.79 Å². The second kappa shape index (κ2) is 8.31. The SMILES string of the molecule is O=C(Nc1ccc(Br)cn1)c1ccc(COc2c(Cl)cc(Cl)cc2Cl)o1. The third-order valence-electron chi connectivity index (χ3n) is 3.18. The Hall–Kier alpha value is -1.73. The van der Waals surface area contributed by atoms with Crippen molar-refractivity contribution in [1.82, 2.24) is 4.98 Å². The minimum Gasteiger partial charge on any atom is -0.483 e. The zero-order chi connectivity index (χ0) is 18.7. The molecule has 3 aromatic rings. The highest BCUT2D eigenvalue weighted by atomic mass is 79.9. The lowest BCUT2D eigenvalue weighted by atomic mass is 10.3. The number of aromatic nitrogens is 1. The second-order valence-corrected chi connectivity index (χ2v) is 7.24. The van der Waals surface area contributed by atoms with Crippen LogP contribution in [0.2, 0.25) is 15.1 Å². The lowest BCUT2D eigenvalue weighted by Gasteiger charge is -2.09. The van der Waals surface area contributed by atoms with Crippen molar-refractivity contribution in [2.24, 2.45) is 0 Å². The molecule has 0 saturated heterocycles. The third kappa shape index (κ3) is 4.71. The summed E-state index contributed by atoms with van der Waals surface area (Å²) in [6, 6.07) is 9.65. The normalized spacial score (nSPS) is 10.6. The Kier molecular flexibility index (Phi) is 6.09. The smallest absolute Gasteiger partial charge is 0.292 e. The van der Waals surface area contributed by atoms with E-state index in [1.165, 1.54) is 18.2 Å². The van der Waals surface area contributed by atoms with Gasteiger partial charge in [0, 0.05) is 15.7 Å². The molecule has 0 atom stereocenters. The van der Waals surface area contributed by atoms with Crippen LogP contribution in [0.1, 0.15) is 16.3 Å². The molecule has 0 unspecified atom stereocenters. The molecule has 2 heterocycles. The molecular weight excluding hydrogens is 466 g/mol. The van der Waals surface area contributed by atoms with Gasteiger partial charge in [0.25, 0.3) is 5.91 Å². The van der Waals surface area contributed by atoms with Crippen LogP contribution in [0.4, 0.5) is 5.82 Å². The number of anilines is 1. The van der Waals surface area contributed by atoms with Gasteiger partial charge in [-0.05, 0) is 52.3 Å². The highest BCUT2D eigenvalue weighted by Crippen LogP contribution is 2.36. The van der Waals surface area contributed by atoms with Crippen molar-refractivity contribution in [2.75, 3.05) is 5.32 Å². The first-order valence-corrected chi connectivity index (χ1v) is 9.14. The van der Waals surface area contributed by atoms with Crippen LogP contribution < -0.4 is 10.1 Å². The molecule has 0 radical (unpaired) electrons. The van der Waals surface area contributed by atoms with Crippen molar-refractivity contribution < 1.29 is 13.9 Å². The molecule has 134 valence electrons. The topological polar surface area (TPSA) is 64.4 Å². The quantitative estimate of drug-likeness (QED) is 0.474. The van der Waals surface area contributed by atoms with E-state index >= 15 is 0 Å². The Morgan fingerprint density at radius 3 is 2.54 bits per heavy atom. The first kappa shape index (κ1) is 19.0. The van der Waals surface area contributed by atoms with Gasteiger partial charge in [0.15, 0.2) is 11.5 Å². The standard InChI is InChI=1S/C17H10BrCl3N2O3/c18-9-1-4-15(22-7-9)23-17(24)14-3-2-11(26-14)8-25-16-12(20)5-10(19)6-13(16)21/h1-7H,8H2,(H,22,23,24). The van der Waals surface area contributed by atoms with Crippen LogP contribution in [-0.4, -0.2) is 10.9 Å². The van der Waals surface area contributed by atoms with Crippen LogP contribution >= 0.6 is 50.7 Å². The van der Waals surface area contributed by atoms with E-state index in [4.69, 9.17) is 44.0 Å². The van der Waals surface area contributed by atoms with Crippen LogP contribution in [0.5, 0.6) is 5.75 Å². The Morgan fingerprint density at radius 1 is 1.15 bits per heavy atom. The molecule has 5 nitrogen and oxygen atoms in total. The van der Waals surface area contributed by atoms with E-state index in [1.807, 2.05) is 0 Å². The fraction of sp³-hybridized carbons (Fsp3) is 0.0588. The van der Waals surface area contributed by atoms with Crippen molar-refractivity contribution in [2.45, 2.75) is 6.61 Å². The zero-order valence-electron chi connectivity index (χ0n) is 12.9. The number of furan rings is 1. The maximum absolute atomic E-state index is 12.2. The third-order valence-corrected chi connectivity index (χ3v) is 4.43. The summed E-state index contributed by atoms with van der Waals surface area (Å²) in [7, 11) is 0. The molecule has 1 amide bonds. The molecule has 2 aromatic heterocycles. The van der Waals surface area contributed by atoms with Crippen LogP contribution in [0.15, 0.2) is 51.5 Å². The number of ether oxygens (including phenoxy) is 1. The van der Waals surface area contributed by atoms with E-state index in [1.54, 1.807) is 24.4 Å². The minimum atomic E-state index is -0.423. The number of nitrogens with one attached hydrogen (secondary N) is 1. The number of pyridine rings is 1. The molecule has 0 aliphatic heterocycles. The molecule has 0 aliphatic rings. The van der Waals surface area contributed by atoms with E-state index in [-0.39, 0.29) is 22.4 Å². The van der Waals surface area contributed by atoms with Crippen molar-refractivity contribution in [3.05, 3.63) is 73.7 Å². The van der Waals surface area contributed by atoms with Gasteiger partial charge < -0.3 is 14.5 Å². The molecule has 0 fully saturated rings. The number of nitrogens with zero attached hydrogens (tertiary/aromatic N) is 1. The Bertz CT molecular complexity index is 922. The molecule has 0 saturated carbocycles. The fourth-order valence-electron chi connectivity index (χ4n) is 2.02. The van der Waals surface area contributed by atoms with Crippen LogP contribution in [0, 0.1) is 0 Å². The molecular formula is C17H10BrCl3N2O3. The predicted molar refractivity (Wildman–Crippen MR) is 104 cm³/mol. The van der Waals surface area contributed by atoms with E-state index in [0.29, 0.717) is 22.4 Å². The first-order valence-electron chi connectivity index (χ1n) is 7.21. The summed E-state index contributed by atoms with van der Waals surface area (Å²) in [6.07, 6.45) is 1.58. The second-order valence-electron chi connectivity index (χ2n) is 5.07. The van der Waals surface area contributed by atoms with Gasteiger partial charge in [-0.1, -0.05) is 34.8 Å². The molecule has 0 spiro atoms. The van der Waals surface area contributed by atoms with Gasteiger partial charge in [-0.25, -0.2) is 4.98 Å². The summed E-state index contributed by atoms with van der Waals surface area (Å²) in [4.78, 5) is 16.2. The van der Waals surface area contributed by atoms with Crippen LogP contribution in [-0.2, 0) is 6.61 Å². The molecule has 1 N–H and O–H groups in total. The van der Waals surface area contributed by atoms with Crippen molar-refractivity contribution in [1.29, 1.82) is 0 Å². The van der Waals surface area contributed by atoms with Crippen molar-refractivity contribution in [3.8, 4) is 5.75 Å². The Balaban J connectivity index is 1.64. The largest absolute Gasteiger partial charge is 0.483 e. The maximum atomic E-state index is 12.2. The summed E-state index contributed by atoms with van der Waals surface area (Å²) >= 11 is 21.3. The van der Waals surface area contributed by atoms with Crippen LogP contribution in [0.3, 0.4) is 0 Å². The number of benzene rings is 1. The van der Waals surface area contributed by atoms with Crippen LogP contribution in [0.25, 0.3) is 0 Å². The summed E-state index contributed by atoms with van der Waals surface area (Å²) in [5, 5.41) is 3.61. The fourth-order valence-corrected chi connectivity index (χ4v) is 3.18. The average Bonchev–Trinajstić information content (AvgIpc) is 3.05.